The molecule has 0 N–H and O–H groups in total. The van der Waals surface area contributed by atoms with Gasteiger partial charge >= 0.3 is 0 Å². The van der Waals surface area contributed by atoms with Crippen molar-refractivity contribution in [1.29, 1.82) is 0 Å². The molecule has 3 rings (SSSR count). The van der Waals surface area contributed by atoms with Gasteiger partial charge in [-0.25, -0.2) is 0 Å². The van der Waals surface area contributed by atoms with Gasteiger partial charge in [-0.2, -0.15) is 12.8 Å². The molecule has 1 aliphatic heterocycles. The van der Waals surface area contributed by atoms with Crippen LogP contribution in [0.4, 0.5) is 0 Å². The number of benzene rings is 1. The number of Topliss-reactive ketones (excluding diaryl/α,β-unsaturated/α-hetero) is 1. The van der Waals surface area contributed by atoms with Crippen LogP contribution >= 0.6 is 0 Å². The molecule has 1 saturated heterocycles. The number of piperidine rings is 1. The van der Waals surface area contributed by atoms with Gasteiger partial charge in [0.25, 0.3) is 10.0 Å². The zero-order chi connectivity index (χ0) is 18.0. The first-order chi connectivity index (χ1) is 11.9. The fourth-order valence-corrected chi connectivity index (χ4v) is 4.03. The van der Waals surface area contributed by atoms with Gasteiger partial charge in [0.2, 0.25) is 5.78 Å². The Kier molecular flexibility index (Phi) is 4.90. The van der Waals surface area contributed by atoms with Crippen molar-refractivity contribution in [2.75, 3.05) is 13.1 Å². The van der Waals surface area contributed by atoms with Crippen LogP contribution in [-0.4, -0.2) is 37.9 Å². The minimum absolute atomic E-state index is 0.0476. The Hall–Kier alpha value is -2.21. The number of hydrogen-bond acceptors (Lipinski definition) is 4. The minimum Gasteiger partial charge on any atom is -0.368 e. The van der Waals surface area contributed by atoms with Crippen LogP contribution < -0.4 is 0 Å². The Labute approximate surface area is 148 Å². The van der Waals surface area contributed by atoms with E-state index >= 15 is 0 Å². The lowest BCUT2D eigenvalue weighted by Gasteiger charge is -2.31. The monoisotopic (exact) mass is 358 g/mol. The van der Waals surface area contributed by atoms with Gasteiger partial charge < -0.3 is 4.90 Å². The molecule has 25 heavy (non-hydrogen) atoms. The number of nitrogens with zero attached hydrogens (tertiary/aromatic N) is 2. The van der Waals surface area contributed by atoms with Gasteiger partial charge in [-0.15, -0.1) is 0 Å². The van der Waals surface area contributed by atoms with Crippen LogP contribution in [-0.2, 0) is 14.8 Å². The quantitative estimate of drug-likeness (QED) is 0.779. The summed E-state index contributed by atoms with van der Waals surface area (Å²) in [5, 5.41) is 0. The summed E-state index contributed by atoms with van der Waals surface area (Å²) in [6.07, 6.45) is 6.40. The molecule has 5 nitrogen and oxygen atoms in total. The molecule has 1 heterocycles. The van der Waals surface area contributed by atoms with Crippen LogP contribution in [0.1, 0.15) is 31.7 Å². The fourth-order valence-electron chi connectivity index (χ4n) is 3.06. The van der Waals surface area contributed by atoms with Crippen molar-refractivity contribution >= 4 is 21.5 Å². The summed E-state index contributed by atoms with van der Waals surface area (Å²) in [4.78, 5) is 14.7. The first-order valence-corrected chi connectivity index (χ1v) is 9.92. The highest BCUT2D eigenvalue weighted by atomic mass is 32.2. The second kappa shape index (κ2) is 6.96. The molecular formula is C19H22N2O3S. The highest BCUT2D eigenvalue weighted by molar-refractivity contribution is 7.90. The molecule has 0 unspecified atom stereocenters. The summed E-state index contributed by atoms with van der Waals surface area (Å²) >= 11 is 0. The number of aryl methyl sites for hydroxylation is 1. The number of rotatable bonds is 3. The highest BCUT2D eigenvalue weighted by Gasteiger charge is 2.25. The second-order valence-electron chi connectivity index (χ2n) is 6.54. The molecule has 132 valence electrons. The number of sulfonamides is 1. The summed E-state index contributed by atoms with van der Waals surface area (Å²) in [6.45, 7) is 5.24. The van der Waals surface area contributed by atoms with E-state index in [1.165, 1.54) is 0 Å². The van der Waals surface area contributed by atoms with Crippen molar-refractivity contribution in [1.82, 2.24) is 4.90 Å². The van der Waals surface area contributed by atoms with Crippen molar-refractivity contribution in [2.45, 2.75) is 38.0 Å². The maximum atomic E-state index is 12.5. The first-order valence-electron chi connectivity index (χ1n) is 8.48. The van der Waals surface area contributed by atoms with Crippen molar-refractivity contribution in [3.05, 3.63) is 53.3 Å². The SMILES string of the molecule is CC1=CC(=NS(=O)(=O)c2ccc(C)cc2)C=C(N2CCCCC2)C1=O. The Bertz CT molecular complexity index is 872. The average Bonchev–Trinajstić information content (AvgIpc) is 2.59. The summed E-state index contributed by atoms with van der Waals surface area (Å²) in [5.41, 5.74) is 2.36. The Morgan fingerprint density at radius 3 is 2.24 bits per heavy atom. The normalized spacial score (nSPS) is 20.5. The minimum atomic E-state index is -3.80. The molecule has 1 aromatic rings. The number of hydrogen-bond donors (Lipinski definition) is 0. The molecule has 1 aliphatic carbocycles. The second-order valence-corrected chi connectivity index (χ2v) is 8.14. The lowest BCUT2D eigenvalue weighted by atomic mass is 9.99. The number of carbonyl (C=O) groups excluding carboxylic acids is 1. The molecule has 0 amide bonds. The third kappa shape index (κ3) is 3.90. The van der Waals surface area contributed by atoms with E-state index in [1.54, 1.807) is 43.3 Å². The lowest BCUT2D eigenvalue weighted by molar-refractivity contribution is -0.113. The predicted molar refractivity (Wildman–Crippen MR) is 98.1 cm³/mol. The van der Waals surface area contributed by atoms with Crippen LogP contribution in [0, 0.1) is 6.92 Å². The van der Waals surface area contributed by atoms with Crippen LogP contribution in [0.15, 0.2) is 57.0 Å². The van der Waals surface area contributed by atoms with E-state index in [0.717, 1.165) is 37.9 Å². The fraction of sp³-hybridized carbons (Fsp3) is 0.368. The molecule has 0 bridgehead atoms. The van der Waals surface area contributed by atoms with E-state index in [0.29, 0.717) is 17.0 Å². The molecule has 1 aromatic carbocycles. The Morgan fingerprint density at radius 2 is 1.60 bits per heavy atom. The van der Waals surface area contributed by atoms with Crippen molar-refractivity contribution in [2.24, 2.45) is 4.40 Å². The van der Waals surface area contributed by atoms with Crippen LogP contribution in [0.25, 0.3) is 0 Å². The number of likely N-dealkylation sites (tertiary alicyclic amines) is 1. The van der Waals surface area contributed by atoms with Crippen LogP contribution in [0.3, 0.4) is 0 Å². The Balaban J connectivity index is 1.96. The van der Waals surface area contributed by atoms with E-state index < -0.39 is 10.0 Å². The third-order valence-electron chi connectivity index (χ3n) is 4.48. The largest absolute Gasteiger partial charge is 0.368 e. The molecule has 2 aliphatic rings. The van der Waals surface area contributed by atoms with Gasteiger partial charge in [0.1, 0.15) is 0 Å². The maximum absolute atomic E-state index is 12.5. The Morgan fingerprint density at radius 1 is 0.960 bits per heavy atom. The van der Waals surface area contributed by atoms with Gasteiger partial charge in [-0.05, 0) is 57.4 Å². The summed E-state index contributed by atoms with van der Waals surface area (Å²) in [7, 11) is -3.80. The van der Waals surface area contributed by atoms with Gasteiger partial charge in [-0.3, -0.25) is 4.79 Å². The molecule has 0 saturated carbocycles. The molecule has 0 aromatic heterocycles. The zero-order valence-corrected chi connectivity index (χ0v) is 15.3. The van der Waals surface area contributed by atoms with E-state index in [1.807, 2.05) is 11.8 Å². The third-order valence-corrected chi connectivity index (χ3v) is 5.80. The number of carbonyl (C=O) groups is 1. The summed E-state index contributed by atoms with van der Waals surface area (Å²) < 4.78 is 29.0. The van der Waals surface area contributed by atoms with Crippen LogP contribution in [0.2, 0.25) is 0 Å². The molecule has 6 heteroatoms. The topological polar surface area (TPSA) is 66.8 Å². The van der Waals surface area contributed by atoms with E-state index in [-0.39, 0.29) is 10.7 Å². The number of ketones is 1. The van der Waals surface area contributed by atoms with Crippen molar-refractivity contribution in [3.63, 3.8) is 0 Å². The van der Waals surface area contributed by atoms with Gasteiger partial charge in [0.15, 0.2) is 0 Å². The maximum Gasteiger partial charge on any atom is 0.282 e. The van der Waals surface area contributed by atoms with E-state index in [4.69, 9.17) is 0 Å². The van der Waals surface area contributed by atoms with E-state index in [2.05, 4.69) is 4.40 Å². The predicted octanol–water partition coefficient (Wildman–Crippen LogP) is 3.02. The summed E-state index contributed by atoms with van der Waals surface area (Å²) in [5.74, 6) is -0.0476. The number of allylic oxidation sites excluding steroid dienone is 3. The van der Waals surface area contributed by atoms with E-state index in [9.17, 15) is 13.2 Å². The molecular weight excluding hydrogens is 336 g/mol. The summed E-state index contributed by atoms with van der Waals surface area (Å²) in [6, 6.07) is 6.59. The highest BCUT2D eigenvalue weighted by Crippen LogP contribution is 2.22. The van der Waals surface area contributed by atoms with Gasteiger partial charge in [0.05, 0.1) is 16.3 Å². The lowest BCUT2D eigenvalue weighted by Crippen LogP contribution is -2.34. The average molecular weight is 358 g/mol. The molecule has 0 spiro atoms. The zero-order valence-electron chi connectivity index (χ0n) is 14.5. The van der Waals surface area contributed by atoms with Gasteiger partial charge in [-0.1, -0.05) is 17.7 Å². The molecule has 0 atom stereocenters. The standard InChI is InChI=1S/C19H22N2O3S/c1-14-6-8-17(9-7-14)25(23,24)20-16-12-15(2)19(22)18(13-16)21-10-4-3-5-11-21/h6-9,12-13H,3-5,10-11H2,1-2H3. The molecule has 1 fully saturated rings. The van der Waals surface area contributed by atoms with Gasteiger partial charge in [0, 0.05) is 18.7 Å². The molecule has 0 radical (unpaired) electrons. The van der Waals surface area contributed by atoms with Crippen molar-refractivity contribution < 1.29 is 13.2 Å². The smallest absolute Gasteiger partial charge is 0.282 e. The first kappa shape index (κ1) is 17.6. The van der Waals surface area contributed by atoms with Crippen LogP contribution in [0.5, 0.6) is 0 Å². The van der Waals surface area contributed by atoms with Crippen molar-refractivity contribution in [3.8, 4) is 0 Å².